The van der Waals surface area contributed by atoms with E-state index in [4.69, 9.17) is 23.2 Å². The van der Waals surface area contributed by atoms with Gasteiger partial charge < -0.3 is 10.2 Å². The molecule has 0 heterocycles. The van der Waals surface area contributed by atoms with Crippen molar-refractivity contribution in [2.45, 2.75) is 25.9 Å². The van der Waals surface area contributed by atoms with Crippen LogP contribution < -0.4 is 9.62 Å². The van der Waals surface area contributed by atoms with Gasteiger partial charge in [0.05, 0.1) is 11.9 Å². The molecule has 2 aromatic carbocycles. The summed E-state index contributed by atoms with van der Waals surface area (Å²) in [5.41, 5.74) is 1.02. The predicted molar refractivity (Wildman–Crippen MR) is 124 cm³/mol. The van der Waals surface area contributed by atoms with Crippen LogP contribution in [0, 0.1) is 0 Å². The van der Waals surface area contributed by atoms with Crippen LogP contribution in [0.5, 0.6) is 0 Å². The van der Waals surface area contributed by atoms with Crippen molar-refractivity contribution in [3.63, 3.8) is 0 Å². The highest BCUT2D eigenvalue weighted by Crippen LogP contribution is 2.23. The lowest BCUT2D eigenvalue weighted by molar-refractivity contribution is -0.140. The summed E-state index contributed by atoms with van der Waals surface area (Å²) in [4.78, 5) is 27.2. The Kier molecular flexibility index (Phi) is 8.73. The molecular formula is C21H25Cl2N3O4S. The van der Waals surface area contributed by atoms with E-state index in [1.165, 1.54) is 18.0 Å². The van der Waals surface area contributed by atoms with E-state index in [0.29, 0.717) is 16.5 Å². The molecule has 0 bridgehead atoms. The summed E-state index contributed by atoms with van der Waals surface area (Å²) < 4.78 is 25.9. The van der Waals surface area contributed by atoms with E-state index in [-0.39, 0.29) is 18.1 Å². The Balaban J connectivity index is 2.41. The first kappa shape index (κ1) is 25.0. The Morgan fingerprint density at radius 1 is 1.06 bits per heavy atom. The van der Waals surface area contributed by atoms with Crippen LogP contribution in [0.25, 0.3) is 0 Å². The summed E-state index contributed by atoms with van der Waals surface area (Å²) in [5.74, 6) is -0.853. The van der Waals surface area contributed by atoms with Gasteiger partial charge >= 0.3 is 0 Å². The number of amides is 2. The van der Waals surface area contributed by atoms with E-state index in [9.17, 15) is 18.0 Å². The van der Waals surface area contributed by atoms with Gasteiger partial charge in [-0.25, -0.2) is 8.42 Å². The largest absolute Gasteiger partial charge is 0.357 e. The molecule has 0 unspecified atom stereocenters. The minimum absolute atomic E-state index is 0.120. The van der Waals surface area contributed by atoms with Crippen LogP contribution in [-0.4, -0.2) is 51.0 Å². The first-order valence-corrected chi connectivity index (χ1v) is 12.2. The number of sulfonamides is 1. The monoisotopic (exact) mass is 485 g/mol. The second-order valence-electron chi connectivity index (χ2n) is 6.94. The number of benzene rings is 2. The van der Waals surface area contributed by atoms with Crippen molar-refractivity contribution >= 4 is 50.7 Å². The van der Waals surface area contributed by atoms with E-state index in [2.05, 4.69) is 5.32 Å². The van der Waals surface area contributed by atoms with E-state index in [1.807, 2.05) is 0 Å². The summed E-state index contributed by atoms with van der Waals surface area (Å²) in [6, 6.07) is 12.4. The van der Waals surface area contributed by atoms with Crippen LogP contribution in [0.1, 0.15) is 18.9 Å². The lowest BCUT2D eigenvalue weighted by Gasteiger charge is -2.32. The number of halogens is 2. The maximum atomic E-state index is 13.3. The number of anilines is 1. The normalized spacial score (nSPS) is 12.2. The zero-order chi connectivity index (χ0) is 23.2. The lowest BCUT2D eigenvalue weighted by atomic mass is 10.1. The fourth-order valence-electron chi connectivity index (χ4n) is 3.12. The smallest absolute Gasteiger partial charge is 0.244 e. The molecule has 0 spiro atoms. The Morgan fingerprint density at radius 2 is 1.71 bits per heavy atom. The highest BCUT2D eigenvalue weighted by Gasteiger charge is 2.31. The number of nitrogens with one attached hydrogen (secondary N) is 1. The second-order valence-corrected chi connectivity index (χ2v) is 9.72. The van der Waals surface area contributed by atoms with Crippen molar-refractivity contribution in [3.05, 3.63) is 64.1 Å². The Hall–Kier alpha value is -2.29. The molecule has 0 radical (unpaired) electrons. The van der Waals surface area contributed by atoms with Crippen molar-refractivity contribution in [1.82, 2.24) is 10.2 Å². The zero-order valence-corrected chi connectivity index (χ0v) is 19.8. The molecule has 0 saturated heterocycles. The SMILES string of the molecule is CC[C@@H](C(=O)NC)N(Cc1ccc(Cl)cc1)C(=O)CN(c1cccc(Cl)c1)S(C)(=O)=O. The fraction of sp³-hybridized carbons (Fsp3) is 0.333. The number of carbonyl (C=O) groups excluding carboxylic acids is 2. The van der Waals surface area contributed by atoms with Gasteiger partial charge in [0.2, 0.25) is 21.8 Å². The molecule has 0 aliphatic carbocycles. The molecule has 1 atom stereocenters. The third-order valence-electron chi connectivity index (χ3n) is 4.67. The topological polar surface area (TPSA) is 86.8 Å². The van der Waals surface area contributed by atoms with Gasteiger partial charge in [0.1, 0.15) is 12.6 Å². The molecule has 1 N–H and O–H groups in total. The first-order valence-electron chi connectivity index (χ1n) is 9.55. The van der Waals surface area contributed by atoms with Gasteiger partial charge in [0.25, 0.3) is 0 Å². The molecule has 0 saturated carbocycles. The van der Waals surface area contributed by atoms with Gasteiger partial charge in [0.15, 0.2) is 0 Å². The van der Waals surface area contributed by atoms with Crippen molar-refractivity contribution in [1.29, 1.82) is 0 Å². The Labute approximate surface area is 193 Å². The summed E-state index contributed by atoms with van der Waals surface area (Å²) in [6.07, 6.45) is 1.37. The molecule has 0 aliphatic heterocycles. The van der Waals surface area contributed by atoms with E-state index < -0.39 is 28.5 Å². The fourth-order valence-corrected chi connectivity index (χ4v) is 4.27. The molecule has 31 heavy (non-hydrogen) atoms. The molecule has 2 rings (SSSR count). The Morgan fingerprint density at radius 3 is 2.23 bits per heavy atom. The molecule has 7 nitrogen and oxygen atoms in total. The van der Waals surface area contributed by atoms with E-state index in [0.717, 1.165) is 16.1 Å². The van der Waals surface area contributed by atoms with Crippen molar-refractivity contribution in [3.8, 4) is 0 Å². The van der Waals surface area contributed by atoms with Gasteiger partial charge in [0, 0.05) is 23.6 Å². The summed E-state index contributed by atoms with van der Waals surface area (Å²) >= 11 is 12.0. The first-order chi connectivity index (χ1) is 14.6. The average Bonchev–Trinajstić information content (AvgIpc) is 2.72. The minimum Gasteiger partial charge on any atom is -0.357 e. The molecule has 0 fully saturated rings. The second kappa shape index (κ2) is 10.8. The molecular weight excluding hydrogens is 461 g/mol. The zero-order valence-electron chi connectivity index (χ0n) is 17.5. The van der Waals surface area contributed by atoms with Gasteiger partial charge in [-0.05, 0) is 42.3 Å². The predicted octanol–water partition coefficient (Wildman–Crippen LogP) is 3.31. The molecule has 168 valence electrons. The van der Waals surface area contributed by atoms with Crippen LogP contribution >= 0.6 is 23.2 Å². The third-order valence-corrected chi connectivity index (χ3v) is 6.30. The van der Waals surface area contributed by atoms with Crippen molar-refractivity contribution in [2.24, 2.45) is 0 Å². The van der Waals surface area contributed by atoms with Crippen LogP contribution in [-0.2, 0) is 26.2 Å². The minimum atomic E-state index is -3.79. The third kappa shape index (κ3) is 6.85. The highest BCUT2D eigenvalue weighted by molar-refractivity contribution is 7.92. The standard InChI is InChI=1S/C21H25Cl2N3O4S/c1-4-19(21(28)24-2)25(13-15-8-10-16(22)11-9-15)20(27)14-26(31(3,29)30)18-7-5-6-17(23)12-18/h5-12,19H,4,13-14H2,1-3H3,(H,24,28)/t19-/m0/s1. The van der Waals surface area contributed by atoms with Crippen LogP contribution in [0.2, 0.25) is 10.0 Å². The van der Waals surface area contributed by atoms with Crippen LogP contribution in [0.3, 0.4) is 0 Å². The summed E-state index contributed by atoms with van der Waals surface area (Å²) in [7, 11) is -2.30. The van der Waals surface area contributed by atoms with Gasteiger partial charge in [-0.15, -0.1) is 0 Å². The summed E-state index contributed by atoms with van der Waals surface area (Å²) in [6.45, 7) is 1.43. The number of hydrogen-bond donors (Lipinski definition) is 1. The van der Waals surface area contributed by atoms with Gasteiger partial charge in [-0.2, -0.15) is 0 Å². The molecule has 2 aromatic rings. The Bertz CT molecular complexity index is 1030. The average molecular weight is 486 g/mol. The quantitative estimate of drug-likeness (QED) is 0.589. The van der Waals surface area contributed by atoms with E-state index >= 15 is 0 Å². The van der Waals surface area contributed by atoms with Crippen molar-refractivity contribution < 1.29 is 18.0 Å². The maximum Gasteiger partial charge on any atom is 0.244 e. The number of hydrogen-bond acceptors (Lipinski definition) is 4. The molecule has 2 amide bonds. The van der Waals surface area contributed by atoms with Gasteiger partial charge in [-0.3, -0.25) is 13.9 Å². The highest BCUT2D eigenvalue weighted by atomic mass is 35.5. The molecule has 0 aliphatic rings. The summed E-state index contributed by atoms with van der Waals surface area (Å²) in [5, 5.41) is 3.45. The van der Waals surface area contributed by atoms with Crippen molar-refractivity contribution in [2.75, 3.05) is 24.2 Å². The number of carbonyl (C=O) groups is 2. The molecule has 10 heteroatoms. The number of nitrogens with zero attached hydrogens (tertiary/aromatic N) is 2. The van der Waals surface area contributed by atoms with Crippen LogP contribution in [0.15, 0.2) is 48.5 Å². The number of likely N-dealkylation sites (N-methyl/N-ethyl adjacent to an activating group) is 1. The van der Waals surface area contributed by atoms with Gasteiger partial charge in [-0.1, -0.05) is 48.3 Å². The lowest BCUT2D eigenvalue weighted by Crippen LogP contribution is -2.51. The maximum absolute atomic E-state index is 13.3. The van der Waals surface area contributed by atoms with E-state index in [1.54, 1.807) is 49.4 Å². The van der Waals surface area contributed by atoms with Crippen LogP contribution in [0.4, 0.5) is 5.69 Å². The number of rotatable bonds is 9. The molecule has 0 aromatic heterocycles.